The summed E-state index contributed by atoms with van der Waals surface area (Å²) in [7, 11) is 0. The molecule has 1 aliphatic rings. The highest BCUT2D eigenvalue weighted by atomic mass is 16.5. The first-order valence-corrected chi connectivity index (χ1v) is 8.11. The fraction of sp³-hybridized carbons (Fsp3) is 0.312. The van der Waals surface area contributed by atoms with Crippen molar-refractivity contribution in [3.63, 3.8) is 0 Å². The van der Waals surface area contributed by atoms with E-state index in [0.29, 0.717) is 43.0 Å². The fourth-order valence-electron chi connectivity index (χ4n) is 2.81. The summed E-state index contributed by atoms with van der Waals surface area (Å²) in [5.41, 5.74) is 0.886. The van der Waals surface area contributed by atoms with Gasteiger partial charge in [0.25, 0.3) is 5.91 Å². The van der Waals surface area contributed by atoms with Crippen LogP contribution in [-0.2, 0) is 16.1 Å². The standard InChI is InChI=1S/C16H16N6O4/c23-13(9-22-10-17-19-20-22)18-14-11-3-1-2-4-12(11)26-15(14)16(24)21-5-7-25-8-6-21/h1-4,10H,5-9H2,(H,18,23). The number of hydrogen-bond acceptors (Lipinski definition) is 7. The van der Waals surface area contributed by atoms with Crippen LogP contribution < -0.4 is 5.32 Å². The first-order valence-electron chi connectivity index (χ1n) is 8.11. The van der Waals surface area contributed by atoms with Crippen LogP contribution in [0.25, 0.3) is 11.0 Å². The SMILES string of the molecule is O=C(Cn1cnnn1)Nc1c(C(=O)N2CCOCC2)oc2ccccc12. The van der Waals surface area contributed by atoms with Gasteiger partial charge in [-0.3, -0.25) is 9.59 Å². The number of furan rings is 1. The summed E-state index contributed by atoms with van der Waals surface area (Å²) in [5, 5.41) is 14.1. The summed E-state index contributed by atoms with van der Waals surface area (Å²) < 4.78 is 12.3. The van der Waals surface area contributed by atoms with Crippen LogP contribution in [0.4, 0.5) is 5.69 Å². The van der Waals surface area contributed by atoms with Gasteiger partial charge in [0, 0.05) is 18.5 Å². The third-order valence-corrected chi connectivity index (χ3v) is 4.05. The second-order valence-electron chi connectivity index (χ2n) is 5.76. The van der Waals surface area contributed by atoms with Gasteiger partial charge < -0.3 is 19.4 Å². The number of para-hydroxylation sites is 1. The normalized spacial score (nSPS) is 14.5. The molecule has 2 aromatic heterocycles. The van der Waals surface area contributed by atoms with Crippen LogP contribution in [0.2, 0.25) is 0 Å². The maximum Gasteiger partial charge on any atom is 0.291 e. The number of ether oxygens (including phenoxy) is 1. The molecule has 0 atom stereocenters. The lowest BCUT2D eigenvalue weighted by Gasteiger charge is -2.26. The molecule has 1 aliphatic heterocycles. The molecule has 0 spiro atoms. The van der Waals surface area contributed by atoms with E-state index < -0.39 is 0 Å². The first kappa shape index (κ1) is 16.2. The Balaban J connectivity index is 1.65. The number of tetrazole rings is 1. The molecule has 4 rings (SSSR count). The van der Waals surface area contributed by atoms with Crippen LogP contribution in [0.15, 0.2) is 35.0 Å². The predicted octanol–water partition coefficient (Wildman–Crippen LogP) is 0.530. The van der Waals surface area contributed by atoms with Gasteiger partial charge in [0.05, 0.1) is 13.2 Å². The van der Waals surface area contributed by atoms with Crippen molar-refractivity contribution < 1.29 is 18.7 Å². The summed E-state index contributed by atoms with van der Waals surface area (Å²) in [5.74, 6) is -0.528. The van der Waals surface area contributed by atoms with Gasteiger partial charge in [-0.25, -0.2) is 4.68 Å². The molecule has 10 heteroatoms. The highest BCUT2D eigenvalue weighted by Gasteiger charge is 2.27. The number of amides is 2. The van der Waals surface area contributed by atoms with Crippen LogP contribution in [-0.4, -0.2) is 63.2 Å². The Morgan fingerprint density at radius 3 is 2.77 bits per heavy atom. The van der Waals surface area contributed by atoms with E-state index in [9.17, 15) is 9.59 Å². The molecule has 1 N–H and O–H groups in total. The number of carbonyl (C=O) groups is 2. The van der Waals surface area contributed by atoms with Crippen molar-refractivity contribution >= 4 is 28.5 Å². The van der Waals surface area contributed by atoms with Gasteiger partial charge in [-0.1, -0.05) is 12.1 Å². The number of hydrogen-bond donors (Lipinski definition) is 1. The van der Waals surface area contributed by atoms with E-state index in [1.807, 2.05) is 12.1 Å². The zero-order valence-corrected chi connectivity index (χ0v) is 13.8. The topological polar surface area (TPSA) is 115 Å². The second-order valence-corrected chi connectivity index (χ2v) is 5.76. The Hall–Kier alpha value is -3.27. The highest BCUT2D eigenvalue weighted by molar-refractivity contribution is 6.10. The summed E-state index contributed by atoms with van der Waals surface area (Å²) in [6.07, 6.45) is 1.34. The van der Waals surface area contributed by atoms with E-state index in [1.54, 1.807) is 17.0 Å². The molecule has 1 saturated heterocycles. The van der Waals surface area contributed by atoms with Gasteiger partial charge in [-0.2, -0.15) is 0 Å². The highest BCUT2D eigenvalue weighted by Crippen LogP contribution is 2.32. The first-order chi connectivity index (χ1) is 12.7. The largest absolute Gasteiger partial charge is 0.449 e. The minimum Gasteiger partial charge on any atom is -0.449 e. The Morgan fingerprint density at radius 2 is 2.00 bits per heavy atom. The fourth-order valence-corrected chi connectivity index (χ4v) is 2.81. The number of nitrogens with one attached hydrogen (secondary N) is 1. The number of aromatic nitrogens is 4. The van der Waals surface area contributed by atoms with Crippen LogP contribution in [0, 0.1) is 0 Å². The molecule has 26 heavy (non-hydrogen) atoms. The molecular formula is C16H16N6O4. The molecule has 0 bridgehead atoms. The third kappa shape index (κ3) is 3.14. The van der Waals surface area contributed by atoms with Crippen molar-refractivity contribution in [1.29, 1.82) is 0 Å². The molecule has 10 nitrogen and oxygen atoms in total. The Labute approximate surface area is 147 Å². The molecule has 2 amide bonds. The maximum absolute atomic E-state index is 12.9. The van der Waals surface area contributed by atoms with Crippen molar-refractivity contribution in [3.05, 3.63) is 36.4 Å². The molecule has 1 aromatic carbocycles. The summed E-state index contributed by atoms with van der Waals surface area (Å²) >= 11 is 0. The molecule has 0 saturated carbocycles. The summed E-state index contributed by atoms with van der Waals surface area (Å²) in [4.78, 5) is 26.9. The van der Waals surface area contributed by atoms with Gasteiger partial charge in [0.15, 0.2) is 0 Å². The second kappa shape index (κ2) is 6.92. The molecule has 0 aliphatic carbocycles. The minimum atomic E-state index is -0.361. The van der Waals surface area contributed by atoms with Crippen LogP contribution in [0.1, 0.15) is 10.6 Å². The predicted molar refractivity (Wildman–Crippen MR) is 89.4 cm³/mol. The summed E-state index contributed by atoms with van der Waals surface area (Å²) in [6.45, 7) is 1.85. The number of nitrogens with zero attached hydrogens (tertiary/aromatic N) is 5. The lowest BCUT2D eigenvalue weighted by Crippen LogP contribution is -2.40. The minimum absolute atomic E-state index is 0.0717. The lowest BCUT2D eigenvalue weighted by molar-refractivity contribution is -0.116. The molecule has 1 fully saturated rings. The van der Waals surface area contributed by atoms with Crippen molar-refractivity contribution in [2.75, 3.05) is 31.6 Å². The smallest absolute Gasteiger partial charge is 0.291 e. The van der Waals surface area contributed by atoms with Crippen LogP contribution in [0.3, 0.4) is 0 Å². The molecule has 134 valence electrons. The number of rotatable bonds is 4. The van der Waals surface area contributed by atoms with Crippen molar-refractivity contribution in [2.24, 2.45) is 0 Å². The third-order valence-electron chi connectivity index (χ3n) is 4.05. The van der Waals surface area contributed by atoms with Gasteiger partial charge in [-0.15, -0.1) is 5.10 Å². The number of anilines is 1. The number of carbonyl (C=O) groups excluding carboxylic acids is 2. The number of benzene rings is 1. The number of fused-ring (bicyclic) bond motifs is 1. The van der Waals surface area contributed by atoms with Gasteiger partial charge >= 0.3 is 0 Å². The molecule has 0 unspecified atom stereocenters. The quantitative estimate of drug-likeness (QED) is 0.725. The van der Waals surface area contributed by atoms with Gasteiger partial charge in [0.2, 0.25) is 11.7 Å². The van der Waals surface area contributed by atoms with Gasteiger partial charge in [0.1, 0.15) is 24.1 Å². The maximum atomic E-state index is 12.9. The van der Waals surface area contributed by atoms with E-state index in [2.05, 4.69) is 20.8 Å². The average Bonchev–Trinajstić information content (AvgIpc) is 3.30. The zero-order valence-electron chi connectivity index (χ0n) is 13.8. The summed E-state index contributed by atoms with van der Waals surface area (Å²) in [6, 6.07) is 7.17. The van der Waals surface area contributed by atoms with Crippen LogP contribution in [0.5, 0.6) is 0 Å². The molecular weight excluding hydrogens is 340 g/mol. The zero-order chi connectivity index (χ0) is 17.9. The Kier molecular flexibility index (Phi) is 4.32. The van der Waals surface area contributed by atoms with Crippen LogP contribution >= 0.6 is 0 Å². The van der Waals surface area contributed by atoms with E-state index in [-0.39, 0.29) is 24.1 Å². The van der Waals surface area contributed by atoms with Crippen molar-refractivity contribution in [2.45, 2.75) is 6.54 Å². The number of morpholine rings is 1. The van der Waals surface area contributed by atoms with Crippen molar-refractivity contribution in [1.82, 2.24) is 25.1 Å². The molecule has 3 aromatic rings. The molecule has 0 radical (unpaired) electrons. The lowest BCUT2D eigenvalue weighted by atomic mass is 10.2. The molecule has 3 heterocycles. The monoisotopic (exact) mass is 356 g/mol. The van der Waals surface area contributed by atoms with Gasteiger partial charge in [-0.05, 0) is 22.6 Å². The Bertz CT molecular complexity index is 930. The van der Waals surface area contributed by atoms with E-state index in [4.69, 9.17) is 9.15 Å². The van der Waals surface area contributed by atoms with E-state index in [0.717, 1.165) is 0 Å². The van der Waals surface area contributed by atoms with E-state index >= 15 is 0 Å². The average molecular weight is 356 g/mol. The Morgan fingerprint density at radius 1 is 1.19 bits per heavy atom. The van der Waals surface area contributed by atoms with E-state index in [1.165, 1.54) is 11.0 Å². The van der Waals surface area contributed by atoms with Crippen molar-refractivity contribution in [3.8, 4) is 0 Å².